The van der Waals surface area contributed by atoms with Crippen molar-refractivity contribution in [1.82, 2.24) is 9.55 Å². The Hall–Kier alpha value is -4.12. The monoisotopic (exact) mass is 606 g/mol. The van der Waals surface area contributed by atoms with Gasteiger partial charge >= 0.3 is 13.9 Å². The lowest BCUT2D eigenvalue weighted by Crippen LogP contribution is -2.41. The third kappa shape index (κ3) is 6.31. The smallest absolute Gasteiger partial charge is 0.694 e. The lowest BCUT2D eigenvalue weighted by Gasteiger charge is -2.39. The van der Waals surface area contributed by atoms with Crippen molar-refractivity contribution >= 4 is 8.25 Å². The first-order valence-electron chi connectivity index (χ1n) is 13.5. The molecule has 1 unspecified atom stereocenters. The quantitative estimate of drug-likeness (QED) is 0.197. The van der Waals surface area contributed by atoms with Crippen molar-refractivity contribution < 1.29 is 38.0 Å². The van der Waals surface area contributed by atoms with E-state index in [-0.39, 0.29) is 18.6 Å². The van der Waals surface area contributed by atoms with Crippen molar-refractivity contribution in [2.24, 2.45) is 0 Å². The molecule has 1 aromatic heterocycles. The largest absolute Gasteiger partial charge is 0.858 e. The zero-order chi connectivity index (χ0) is 30.6. The zero-order valence-electron chi connectivity index (χ0n) is 23.8. The summed E-state index contributed by atoms with van der Waals surface area (Å²) in [7, 11) is 0.243. The topological polar surface area (TPSA) is 141 Å². The van der Waals surface area contributed by atoms with E-state index in [0.29, 0.717) is 11.5 Å². The van der Waals surface area contributed by atoms with E-state index in [9.17, 15) is 19.4 Å². The zero-order valence-corrected chi connectivity index (χ0v) is 24.7. The van der Waals surface area contributed by atoms with Crippen molar-refractivity contribution in [3.8, 4) is 17.4 Å². The van der Waals surface area contributed by atoms with Crippen molar-refractivity contribution in [2.45, 2.75) is 37.4 Å². The van der Waals surface area contributed by atoms with Crippen molar-refractivity contribution in [3.63, 3.8) is 0 Å². The van der Waals surface area contributed by atoms with Crippen LogP contribution in [-0.2, 0) is 24.2 Å². The van der Waals surface area contributed by atoms with Crippen LogP contribution in [0.15, 0.2) is 89.9 Å². The Morgan fingerprint density at radius 3 is 2.07 bits per heavy atom. The van der Waals surface area contributed by atoms with Gasteiger partial charge in [-0.15, -0.1) is 9.42 Å². The minimum Gasteiger partial charge on any atom is -0.858 e. The number of nitrogens with zero attached hydrogens (tertiary/aromatic N) is 2. The van der Waals surface area contributed by atoms with Crippen LogP contribution in [0.3, 0.4) is 0 Å². The molecule has 1 saturated heterocycles. The van der Waals surface area contributed by atoms with Crippen LogP contribution in [0.4, 0.5) is 0 Å². The first-order valence-corrected chi connectivity index (χ1v) is 14.6. The standard InChI is InChI=1S/C31H31N2O9P/c1-20-18-33(30(35)32-29(20)34)28-17-26(27(41-28)19-40-43(36)37)42-31(21-7-5-4-6-8-21,22-9-13-24(38-2)14-10-22)23-11-15-25(39-3)16-12-23/h4-16,18,26-28H,17,19H2,1-3H3,(H-,32,34,35,36,37)/t26-,27+,28+/m0/s1. The SMILES string of the molecule is COc1ccc(C(O[C@H]2C[C@H](n3cc(C)c([O-])nc3=O)O[C@@H]2CO[P+](=O)O)(c2ccccc2)c2ccc(OC)cc2)cc1. The molecule has 0 bridgehead atoms. The molecule has 2 heterocycles. The van der Waals surface area contributed by atoms with Gasteiger partial charge in [-0.05, 0) is 59.3 Å². The van der Waals surface area contributed by atoms with Gasteiger partial charge in [-0.2, -0.15) is 0 Å². The lowest BCUT2D eigenvalue weighted by atomic mass is 9.79. The van der Waals surface area contributed by atoms with Gasteiger partial charge in [-0.1, -0.05) is 54.6 Å². The highest BCUT2D eigenvalue weighted by Crippen LogP contribution is 2.45. The average Bonchev–Trinajstić information content (AvgIpc) is 3.43. The molecule has 11 nitrogen and oxygen atoms in total. The Bertz CT molecular complexity index is 1560. The summed E-state index contributed by atoms with van der Waals surface area (Å²) in [6.07, 6.45) is -0.962. The van der Waals surface area contributed by atoms with E-state index in [1.54, 1.807) is 21.1 Å². The van der Waals surface area contributed by atoms with E-state index in [1.807, 2.05) is 78.9 Å². The summed E-state index contributed by atoms with van der Waals surface area (Å²) in [5.74, 6) is 0.699. The second-order valence-corrected chi connectivity index (χ2v) is 10.7. The maximum absolute atomic E-state index is 12.7. The van der Waals surface area contributed by atoms with Gasteiger partial charge in [0.15, 0.2) is 0 Å². The van der Waals surface area contributed by atoms with Crippen LogP contribution >= 0.6 is 8.25 Å². The van der Waals surface area contributed by atoms with Gasteiger partial charge in [0.2, 0.25) is 0 Å². The Balaban J connectivity index is 1.66. The fraction of sp³-hybridized carbons (Fsp3) is 0.290. The summed E-state index contributed by atoms with van der Waals surface area (Å²) in [6.45, 7) is 1.27. The molecule has 1 fully saturated rings. The van der Waals surface area contributed by atoms with Crippen molar-refractivity contribution in [2.75, 3.05) is 20.8 Å². The first-order chi connectivity index (χ1) is 20.7. The minimum atomic E-state index is -2.93. The van der Waals surface area contributed by atoms with Gasteiger partial charge < -0.3 is 24.1 Å². The third-order valence-electron chi connectivity index (χ3n) is 7.43. The summed E-state index contributed by atoms with van der Waals surface area (Å²) in [5.41, 5.74) is 0.619. The van der Waals surface area contributed by atoms with Crippen LogP contribution in [-0.4, -0.2) is 47.5 Å². The molecule has 0 aliphatic carbocycles. The maximum Gasteiger partial charge on any atom is 0.694 e. The Labute approximate surface area is 249 Å². The van der Waals surface area contributed by atoms with Crippen molar-refractivity contribution in [1.29, 1.82) is 0 Å². The summed E-state index contributed by atoms with van der Waals surface area (Å²) in [6, 6.07) is 24.6. The minimum absolute atomic E-state index is 0.149. The molecular formula is C31H31N2O9P. The number of hydrogen-bond acceptors (Lipinski definition) is 9. The molecule has 5 rings (SSSR count). The highest BCUT2D eigenvalue weighted by molar-refractivity contribution is 7.32. The number of hydrogen-bond donors (Lipinski definition) is 1. The molecular weight excluding hydrogens is 575 g/mol. The number of methoxy groups -OCH3 is 2. The second kappa shape index (κ2) is 13.0. The van der Waals surface area contributed by atoms with Crippen LogP contribution in [0.2, 0.25) is 0 Å². The molecule has 1 aliphatic rings. The lowest BCUT2D eigenvalue weighted by molar-refractivity contribution is -0.276. The summed E-state index contributed by atoms with van der Waals surface area (Å²) in [5, 5.41) is 12.0. The van der Waals surface area contributed by atoms with E-state index in [4.69, 9.17) is 23.5 Å². The normalized spacial score (nSPS) is 18.8. The second-order valence-electron chi connectivity index (χ2n) is 9.98. The number of ether oxygens (including phenoxy) is 4. The van der Waals surface area contributed by atoms with Crippen LogP contribution in [0.5, 0.6) is 17.4 Å². The maximum atomic E-state index is 12.7. The number of aryl methyl sites for hydroxylation is 1. The molecule has 12 heteroatoms. The highest BCUT2D eigenvalue weighted by Gasteiger charge is 2.47. The fourth-order valence-corrected chi connectivity index (χ4v) is 5.57. The van der Waals surface area contributed by atoms with Crippen molar-refractivity contribution in [3.05, 3.63) is 118 Å². The molecule has 0 radical (unpaired) electrons. The Morgan fingerprint density at radius 2 is 1.53 bits per heavy atom. The van der Waals surface area contributed by atoms with E-state index in [0.717, 1.165) is 16.7 Å². The van der Waals surface area contributed by atoms with E-state index < -0.39 is 43.9 Å². The molecule has 0 amide bonds. The number of benzene rings is 3. The molecule has 0 saturated carbocycles. The molecule has 1 N–H and O–H groups in total. The van der Waals surface area contributed by atoms with E-state index >= 15 is 0 Å². The summed E-state index contributed by atoms with van der Waals surface area (Å²) >= 11 is 0. The molecule has 3 aromatic carbocycles. The molecule has 1 aliphatic heterocycles. The van der Waals surface area contributed by atoms with Gasteiger partial charge in [0, 0.05) is 17.2 Å². The molecule has 224 valence electrons. The van der Waals surface area contributed by atoms with Gasteiger partial charge in [0.05, 0.1) is 20.3 Å². The summed E-state index contributed by atoms with van der Waals surface area (Å²) < 4.78 is 42.0. The molecule has 4 atom stereocenters. The fourth-order valence-electron chi connectivity index (χ4n) is 5.30. The molecule has 0 spiro atoms. The average molecular weight is 607 g/mol. The number of rotatable bonds is 11. The van der Waals surface area contributed by atoms with E-state index in [1.165, 1.54) is 10.8 Å². The van der Waals surface area contributed by atoms with Crippen LogP contribution in [0.1, 0.15) is 34.9 Å². The first kappa shape index (κ1) is 30.3. The third-order valence-corrected chi connectivity index (χ3v) is 7.80. The Kier molecular flexibility index (Phi) is 9.19. The van der Waals surface area contributed by atoms with Gasteiger partial charge in [-0.25, -0.2) is 9.78 Å². The van der Waals surface area contributed by atoms with Crippen LogP contribution < -0.4 is 20.3 Å². The predicted octanol–water partition coefficient (Wildman–Crippen LogP) is 3.97. The van der Waals surface area contributed by atoms with Crippen LogP contribution in [0.25, 0.3) is 0 Å². The van der Waals surface area contributed by atoms with Crippen LogP contribution in [0, 0.1) is 6.92 Å². The highest BCUT2D eigenvalue weighted by atomic mass is 31.1. The molecule has 4 aromatic rings. The van der Waals surface area contributed by atoms with Gasteiger partial charge in [-0.3, -0.25) is 4.57 Å². The van der Waals surface area contributed by atoms with Gasteiger partial charge in [0.1, 0.15) is 36.0 Å². The number of aromatic nitrogens is 2. The summed E-state index contributed by atoms with van der Waals surface area (Å²) in [4.78, 5) is 25.7. The predicted molar refractivity (Wildman–Crippen MR) is 154 cm³/mol. The molecule has 43 heavy (non-hydrogen) atoms. The van der Waals surface area contributed by atoms with E-state index in [2.05, 4.69) is 4.98 Å². The van der Waals surface area contributed by atoms with Gasteiger partial charge in [0.25, 0.3) is 0 Å². The Morgan fingerprint density at radius 1 is 0.977 bits per heavy atom.